The van der Waals surface area contributed by atoms with Crippen LogP contribution in [0.2, 0.25) is 0 Å². The topological polar surface area (TPSA) is 74.3 Å². The number of aromatic amines is 1. The van der Waals surface area contributed by atoms with E-state index in [2.05, 4.69) is 10.3 Å². The van der Waals surface area contributed by atoms with Crippen molar-refractivity contribution < 1.29 is 14.6 Å². The summed E-state index contributed by atoms with van der Waals surface area (Å²) in [6.07, 6.45) is 1.53. The first-order valence-electron chi connectivity index (χ1n) is 7.88. The van der Waals surface area contributed by atoms with Gasteiger partial charge < -0.3 is 20.1 Å². The minimum atomic E-state index is -1.01. The van der Waals surface area contributed by atoms with Crippen molar-refractivity contribution in [2.75, 3.05) is 0 Å². The lowest BCUT2D eigenvalue weighted by Gasteiger charge is -2.11. The van der Waals surface area contributed by atoms with Crippen LogP contribution in [0.1, 0.15) is 18.1 Å². The molecule has 124 valence electrons. The van der Waals surface area contributed by atoms with E-state index >= 15 is 0 Å². The molecule has 0 saturated heterocycles. The van der Waals surface area contributed by atoms with Crippen molar-refractivity contribution >= 4 is 17.0 Å². The number of fused-ring (bicyclic) bond motifs is 1. The molecule has 0 bridgehead atoms. The number of ether oxygens (including phenoxy) is 1. The molecule has 0 spiro atoms. The molecule has 3 aromatic rings. The van der Waals surface area contributed by atoms with Crippen molar-refractivity contribution in [3.8, 4) is 5.75 Å². The first kappa shape index (κ1) is 15.9. The summed E-state index contributed by atoms with van der Waals surface area (Å²) >= 11 is 0. The van der Waals surface area contributed by atoms with Crippen LogP contribution in [0.5, 0.6) is 5.75 Å². The number of hydrogen-bond acceptors (Lipinski definition) is 2. The molecule has 0 aliphatic heterocycles. The predicted octanol–water partition coefficient (Wildman–Crippen LogP) is 3.95. The van der Waals surface area contributed by atoms with Crippen molar-refractivity contribution in [2.24, 2.45) is 0 Å². The molecule has 3 N–H and O–H groups in total. The van der Waals surface area contributed by atoms with Crippen LogP contribution < -0.4 is 10.1 Å². The second-order valence-corrected chi connectivity index (χ2v) is 5.82. The predicted molar refractivity (Wildman–Crippen MR) is 93.4 cm³/mol. The van der Waals surface area contributed by atoms with Gasteiger partial charge in [0.25, 0.3) is 0 Å². The number of benzene rings is 2. The molecule has 1 unspecified atom stereocenters. The number of aromatic nitrogens is 1. The van der Waals surface area contributed by atoms with Crippen LogP contribution in [-0.2, 0) is 13.0 Å². The molecule has 1 heterocycles. The molecule has 5 nitrogen and oxygen atoms in total. The number of amides is 1. The maximum Gasteiger partial charge on any atom is 0.404 e. The van der Waals surface area contributed by atoms with Gasteiger partial charge in [-0.2, -0.15) is 0 Å². The fourth-order valence-corrected chi connectivity index (χ4v) is 2.80. The third-order valence-corrected chi connectivity index (χ3v) is 3.90. The maximum atomic E-state index is 10.7. The molecular formula is C19H20N2O3. The van der Waals surface area contributed by atoms with Gasteiger partial charge in [-0.05, 0) is 30.5 Å². The Morgan fingerprint density at radius 2 is 2.00 bits per heavy atom. The van der Waals surface area contributed by atoms with Crippen LogP contribution in [0, 0.1) is 0 Å². The fourth-order valence-electron chi connectivity index (χ4n) is 2.80. The van der Waals surface area contributed by atoms with E-state index in [4.69, 9.17) is 9.84 Å². The summed E-state index contributed by atoms with van der Waals surface area (Å²) in [5.74, 6) is 0.793. The first-order chi connectivity index (χ1) is 11.6. The largest absolute Gasteiger partial charge is 0.487 e. The van der Waals surface area contributed by atoms with E-state index in [-0.39, 0.29) is 6.04 Å². The number of para-hydroxylation sites is 1. The van der Waals surface area contributed by atoms with Crippen molar-refractivity contribution in [2.45, 2.75) is 26.0 Å². The molecule has 1 aromatic heterocycles. The standard InChI is InChI=1S/C19H20N2O3/c1-13(21-19(22)23)10-15-11-20-18-16(15)8-5-9-17(18)24-12-14-6-3-2-4-7-14/h2-9,11,13,20-21H,10,12H2,1H3,(H,22,23). The monoisotopic (exact) mass is 324 g/mol. The Bertz CT molecular complexity index is 827. The summed E-state index contributed by atoms with van der Waals surface area (Å²) in [4.78, 5) is 14.0. The minimum Gasteiger partial charge on any atom is -0.487 e. The fraction of sp³-hybridized carbons (Fsp3) is 0.211. The lowest BCUT2D eigenvalue weighted by molar-refractivity contribution is 0.190. The van der Waals surface area contributed by atoms with Crippen LogP contribution in [0.3, 0.4) is 0 Å². The molecule has 1 atom stereocenters. The van der Waals surface area contributed by atoms with Crippen LogP contribution in [-0.4, -0.2) is 22.2 Å². The molecule has 0 saturated carbocycles. The SMILES string of the molecule is CC(Cc1c[nH]c2c(OCc3ccccc3)cccc12)NC(=O)O. The molecule has 3 rings (SSSR count). The molecule has 5 heteroatoms. The summed E-state index contributed by atoms with van der Waals surface area (Å²) in [6, 6.07) is 15.8. The smallest absolute Gasteiger partial charge is 0.404 e. The number of hydrogen-bond donors (Lipinski definition) is 3. The van der Waals surface area contributed by atoms with E-state index in [1.54, 1.807) is 0 Å². The molecule has 2 aromatic carbocycles. The molecule has 0 aliphatic rings. The zero-order chi connectivity index (χ0) is 16.9. The Balaban J connectivity index is 1.77. The second-order valence-electron chi connectivity index (χ2n) is 5.82. The summed E-state index contributed by atoms with van der Waals surface area (Å²) in [7, 11) is 0. The molecule has 0 radical (unpaired) electrons. The molecule has 0 fully saturated rings. The lowest BCUT2D eigenvalue weighted by atomic mass is 10.1. The van der Waals surface area contributed by atoms with E-state index in [1.165, 1.54) is 0 Å². The van der Waals surface area contributed by atoms with Gasteiger partial charge in [-0.3, -0.25) is 0 Å². The van der Waals surface area contributed by atoms with Crippen LogP contribution in [0.4, 0.5) is 4.79 Å². The molecule has 0 aliphatic carbocycles. The Labute approximate surface area is 140 Å². The summed E-state index contributed by atoms with van der Waals surface area (Å²) in [5, 5.41) is 12.3. The van der Waals surface area contributed by atoms with E-state index < -0.39 is 6.09 Å². The number of carboxylic acid groups (broad SMARTS) is 1. The number of H-pyrrole nitrogens is 1. The summed E-state index contributed by atoms with van der Waals surface area (Å²) < 4.78 is 5.95. The highest BCUT2D eigenvalue weighted by atomic mass is 16.5. The minimum absolute atomic E-state index is 0.157. The van der Waals surface area contributed by atoms with Gasteiger partial charge in [0.05, 0.1) is 5.52 Å². The Morgan fingerprint density at radius 3 is 2.75 bits per heavy atom. The van der Waals surface area contributed by atoms with Gasteiger partial charge >= 0.3 is 6.09 Å². The first-order valence-corrected chi connectivity index (χ1v) is 7.88. The van der Waals surface area contributed by atoms with Gasteiger partial charge in [0.2, 0.25) is 0 Å². The van der Waals surface area contributed by atoms with Crippen molar-refractivity contribution in [3.05, 3.63) is 65.9 Å². The van der Waals surface area contributed by atoms with Gasteiger partial charge in [-0.15, -0.1) is 0 Å². The average Bonchev–Trinajstić information content (AvgIpc) is 2.97. The highest BCUT2D eigenvalue weighted by Gasteiger charge is 2.12. The maximum absolute atomic E-state index is 10.7. The normalized spacial score (nSPS) is 12.0. The van der Waals surface area contributed by atoms with Crippen molar-refractivity contribution in [1.82, 2.24) is 10.3 Å². The molecular weight excluding hydrogens is 304 g/mol. The van der Waals surface area contributed by atoms with E-state index in [9.17, 15) is 4.79 Å². The van der Waals surface area contributed by atoms with E-state index in [0.29, 0.717) is 13.0 Å². The van der Waals surface area contributed by atoms with E-state index in [1.807, 2.05) is 61.7 Å². The summed E-state index contributed by atoms with van der Waals surface area (Å²) in [5.41, 5.74) is 3.11. The van der Waals surface area contributed by atoms with Gasteiger partial charge in [-0.1, -0.05) is 42.5 Å². The number of rotatable bonds is 6. The number of carbonyl (C=O) groups is 1. The Hall–Kier alpha value is -2.95. The van der Waals surface area contributed by atoms with Crippen LogP contribution in [0.15, 0.2) is 54.7 Å². The van der Waals surface area contributed by atoms with Gasteiger partial charge in [0.15, 0.2) is 0 Å². The van der Waals surface area contributed by atoms with Crippen LogP contribution >= 0.6 is 0 Å². The Morgan fingerprint density at radius 1 is 1.21 bits per heavy atom. The lowest BCUT2D eigenvalue weighted by Crippen LogP contribution is -2.32. The average molecular weight is 324 g/mol. The second kappa shape index (κ2) is 7.08. The molecule has 24 heavy (non-hydrogen) atoms. The Kier molecular flexibility index (Phi) is 4.70. The van der Waals surface area contributed by atoms with Crippen molar-refractivity contribution in [3.63, 3.8) is 0 Å². The highest BCUT2D eigenvalue weighted by Crippen LogP contribution is 2.28. The zero-order valence-electron chi connectivity index (χ0n) is 13.5. The third kappa shape index (κ3) is 3.68. The highest BCUT2D eigenvalue weighted by molar-refractivity contribution is 5.88. The third-order valence-electron chi connectivity index (χ3n) is 3.90. The summed E-state index contributed by atoms with van der Waals surface area (Å²) in [6.45, 7) is 2.36. The van der Waals surface area contributed by atoms with E-state index in [0.717, 1.165) is 27.8 Å². The quantitative estimate of drug-likeness (QED) is 0.643. The number of nitrogens with one attached hydrogen (secondary N) is 2. The molecule has 1 amide bonds. The van der Waals surface area contributed by atoms with Gasteiger partial charge in [-0.25, -0.2) is 4.79 Å². The van der Waals surface area contributed by atoms with Gasteiger partial charge in [0.1, 0.15) is 12.4 Å². The van der Waals surface area contributed by atoms with Crippen LogP contribution in [0.25, 0.3) is 10.9 Å². The zero-order valence-corrected chi connectivity index (χ0v) is 13.5. The van der Waals surface area contributed by atoms with Gasteiger partial charge in [0, 0.05) is 17.6 Å². The van der Waals surface area contributed by atoms with Crippen molar-refractivity contribution in [1.29, 1.82) is 0 Å².